The van der Waals surface area contributed by atoms with E-state index in [0.29, 0.717) is 5.92 Å². The number of pyridine rings is 1. The van der Waals surface area contributed by atoms with Gasteiger partial charge in [0.15, 0.2) is 0 Å². The van der Waals surface area contributed by atoms with Crippen LogP contribution in [0.3, 0.4) is 0 Å². The van der Waals surface area contributed by atoms with Gasteiger partial charge in [0.2, 0.25) is 0 Å². The highest BCUT2D eigenvalue weighted by atomic mass is 14.6. The Bertz CT molecular complexity index is 337. The molecule has 13 heavy (non-hydrogen) atoms. The second-order valence-corrected chi connectivity index (χ2v) is 4.35. The van der Waals surface area contributed by atoms with Gasteiger partial charge in [0.1, 0.15) is 0 Å². The first-order valence-corrected chi connectivity index (χ1v) is 5.19. The van der Waals surface area contributed by atoms with Gasteiger partial charge in [-0.05, 0) is 48.6 Å². The Morgan fingerprint density at radius 1 is 1.38 bits per heavy atom. The van der Waals surface area contributed by atoms with Crippen LogP contribution in [-0.2, 0) is 0 Å². The van der Waals surface area contributed by atoms with Crippen molar-refractivity contribution in [1.82, 2.24) is 4.98 Å². The van der Waals surface area contributed by atoms with Crippen molar-refractivity contribution in [3.05, 3.63) is 30.1 Å². The standard InChI is InChI=1S/C12H15N/c1-2-11(8-13-5-1)12-7-9-3-4-10(12)6-9/h1-2,5,8-10,12H,3-4,6-7H2/i12D. The van der Waals surface area contributed by atoms with Crippen molar-refractivity contribution in [2.45, 2.75) is 31.6 Å². The monoisotopic (exact) mass is 174 g/mol. The Morgan fingerprint density at radius 3 is 3.00 bits per heavy atom. The minimum Gasteiger partial charge on any atom is -0.264 e. The zero-order valence-electron chi connectivity index (χ0n) is 8.74. The van der Waals surface area contributed by atoms with E-state index in [4.69, 9.17) is 1.37 Å². The van der Waals surface area contributed by atoms with Crippen LogP contribution in [0.4, 0.5) is 0 Å². The van der Waals surface area contributed by atoms with Gasteiger partial charge >= 0.3 is 0 Å². The molecule has 2 aliphatic carbocycles. The fourth-order valence-electron chi connectivity index (χ4n) is 2.96. The molecule has 1 aromatic rings. The van der Waals surface area contributed by atoms with E-state index in [1.165, 1.54) is 19.3 Å². The summed E-state index contributed by atoms with van der Waals surface area (Å²) < 4.78 is 8.57. The molecular formula is C12H15N. The van der Waals surface area contributed by atoms with E-state index in [9.17, 15) is 0 Å². The third-order valence-corrected chi connectivity index (χ3v) is 3.57. The van der Waals surface area contributed by atoms with Crippen molar-refractivity contribution >= 4 is 0 Å². The van der Waals surface area contributed by atoms with Gasteiger partial charge in [0.25, 0.3) is 0 Å². The van der Waals surface area contributed by atoms with Crippen LogP contribution >= 0.6 is 0 Å². The summed E-state index contributed by atoms with van der Waals surface area (Å²) in [4.78, 5) is 4.14. The Hall–Kier alpha value is -0.850. The summed E-state index contributed by atoms with van der Waals surface area (Å²) in [5.41, 5.74) is 1.13. The number of fused-ring (bicyclic) bond motifs is 2. The zero-order chi connectivity index (χ0) is 9.60. The minimum atomic E-state index is -0.308. The van der Waals surface area contributed by atoms with Gasteiger partial charge in [-0.3, -0.25) is 4.98 Å². The lowest BCUT2D eigenvalue weighted by atomic mass is 9.84. The maximum Gasteiger partial charge on any atom is 0.0356 e. The molecule has 1 heteroatoms. The Kier molecular flexibility index (Phi) is 1.43. The lowest BCUT2D eigenvalue weighted by molar-refractivity contribution is 0.419. The molecule has 3 rings (SSSR count). The van der Waals surface area contributed by atoms with Crippen molar-refractivity contribution in [2.75, 3.05) is 0 Å². The number of hydrogen-bond acceptors (Lipinski definition) is 1. The molecule has 68 valence electrons. The maximum atomic E-state index is 8.57. The molecule has 0 N–H and O–H groups in total. The fourth-order valence-corrected chi connectivity index (χ4v) is 2.96. The molecule has 0 saturated heterocycles. The van der Waals surface area contributed by atoms with Gasteiger partial charge in [0.05, 0.1) is 0 Å². The van der Waals surface area contributed by atoms with Crippen molar-refractivity contribution in [3.63, 3.8) is 0 Å². The largest absolute Gasteiger partial charge is 0.264 e. The lowest BCUT2D eigenvalue weighted by Gasteiger charge is -2.21. The Labute approximate surface area is 80.6 Å². The first kappa shape index (κ1) is 6.58. The highest BCUT2D eigenvalue weighted by Crippen LogP contribution is 2.52. The fraction of sp³-hybridized carbons (Fsp3) is 0.583. The van der Waals surface area contributed by atoms with Crippen LogP contribution in [-0.4, -0.2) is 4.98 Å². The summed E-state index contributed by atoms with van der Waals surface area (Å²) in [6, 6.07) is 4.03. The predicted molar refractivity (Wildman–Crippen MR) is 52.4 cm³/mol. The predicted octanol–water partition coefficient (Wildman–Crippen LogP) is 2.99. The van der Waals surface area contributed by atoms with Crippen LogP contribution in [0.25, 0.3) is 0 Å². The topological polar surface area (TPSA) is 12.9 Å². The first-order valence-electron chi connectivity index (χ1n) is 5.69. The molecule has 2 aliphatic rings. The summed E-state index contributed by atoms with van der Waals surface area (Å²) in [6.07, 6.45) is 8.62. The van der Waals surface area contributed by atoms with Crippen molar-refractivity contribution in [2.24, 2.45) is 11.8 Å². The molecule has 3 atom stereocenters. The quantitative estimate of drug-likeness (QED) is 0.637. The van der Waals surface area contributed by atoms with E-state index < -0.39 is 0 Å². The molecule has 2 fully saturated rings. The molecule has 0 radical (unpaired) electrons. The Morgan fingerprint density at radius 2 is 2.38 bits per heavy atom. The van der Waals surface area contributed by atoms with Gasteiger partial charge in [-0.2, -0.15) is 0 Å². The third kappa shape index (κ3) is 1.18. The van der Waals surface area contributed by atoms with E-state index in [0.717, 1.165) is 17.9 Å². The highest BCUT2D eigenvalue weighted by molar-refractivity contribution is 5.19. The number of aromatic nitrogens is 1. The number of nitrogens with zero attached hydrogens (tertiary/aromatic N) is 1. The van der Waals surface area contributed by atoms with E-state index >= 15 is 0 Å². The smallest absolute Gasteiger partial charge is 0.0356 e. The van der Waals surface area contributed by atoms with E-state index in [-0.39, 0.29) is 5.89 Å². The third-order valence-electron chi connectivity index (χ3n) is 3.57. The van der Waals surface area contributed by atoms with Gasteiger partial charge in [-0.15, -0.1) is 0 Å². The van der Waals surface area contributed by atoms with Crippen LogP contribution in [0.15, 0.2) is 24.5 Å². The Balaban J connectivity index is 1.98. The van der Waals surface area contributed by atoms with E-state index in [1.54, 1.807) is 6.20 Å². The molecule has 0 amide bonds. The molecule has 1 nitrogen and oxygen atoms in total. The molecule has 2 saturated carbocycles. The van der Waals surface area contributed by atoms with Gasteiger partial charge in [0, 0.05) is 13.8 Å². The van der Waals surface area contributed by atoms with Crippen LogP contribution in [0, 0.1) is 11.8 Å². The first-order chi connectivity index (χ1) is 6.79. The zero-order valence-corrected chi connectivity index (χ0v) is 7.74. The van der Waals surface area contributed by atoms with Crippen molar-refractivity contribution in [1.29, 1.82) is 0 Å². The number of hydrogen-bond donors (Lipinski definition) is 0. The molecule has 0 spiro atoms. The molecule has 0 aliphatic heterocycles. The molecule has 2 bridgehead atoms. The van der Waals surface area contributed by atoms with Gasteiger partial charge in [-0.1, -0.05) is 12.5 Å². The van der Waals surface area contributed by atoms with Crippen LogP contribution in [0.1, 0.15) is 38.5 Å². The van der Waals surface area contributed by atoms with Crippen molar-refractivity contribution in [3.8, 4) is 0 Å². The molecule has 1 heterocycles. The van der Waals surface area contributed by atoms with E-state index in [1.807, 2.05) is 12.3 Å². The average molecular weight is 174 g/mol. The molecule has 0 aromatic carbocycles. The number of rotatable bonds is 1. The summed E-state index contributed by atoms with van der Waals surface area (Å²) in [6.45, 7) is 0. The van der Waals surface area contributed by atoms with Crippen LogP contribution in [0.2, 0.25) is 0 Å². The summed E-state index contributed by atoms with van der Waals surface area (Å²) in [5.74, 6) is 1.10. The SMILES string of the molecule is [2H]C1(c2cccnc2)CC2CCC1C2. The summed E-state index contributed by atoms with van der Waals surface area (Å²) in [7, 11) is 0. The summed E-state index contributed by atoms with van der Waals surface area (Å²) in [5, 5.41) is 0. The second-order valence-electron chi connectivity index (χ2n) is 4.35. The lowest BCUT2D eigenvalue weighted by Crippen LogP contribution is -2.08. The average Bonchev–Trinajstić information content (AvgIpc) is 2.79. The minimum absolute atomic E-state index is 0.308. The molecular weight excluding hydrogens is 158 g/mol. The van der Waals surface area contributed by atoms with E-state index in [2.05, 4.69) is 11.1 Å². The van der Waals surface area contributed by atoms with Gasteiger partial charge in [-0.25, -0.2) is 0 Å². The normalized spacial score (nSPS) is 43.5. The maximum absolute atomic E-state index is 8.57. The highest BCUT2D eigenvalue weighted by Gasteiger charge is 2.39. The van der Waals surface area contributed by atoms with Gasteiger partial charge < -0.3 is 0 Å². The molecule has 3 unspecified atom stereocenters. The van der Waals surface area contributed by atoms with Crippen molar-refractivity contribution < 1.29 is 1.37 Å². The second kappa shape index (κ2) is 2.83. The summed E-state index contributed by atoms with van der Waals surface area (Å²) >= 11 is 0. The molecule has 1 aromatic heterocycles. The van der Waals surface area contributed by atoms with Crippen LogP contribution in [0.5, 0.6) is 0 Å². The van der Waals surface area contributed by atoms with Crippen LogP contribution < -0.4 is 0 Å².